The smallest absolute Gasteiger partial charge is 0.385 e. The second-order valence-electron chi connectivity index (χ2n) is 10.3. The second kappa shape index (κ2) is 11.0. The van der Waals surface area contributed by atoms with E-state index in [1.54, 1.807) is 0 Å². The lowest BCUT2D eigenvalue weighted by Crippen LogP contribution is -2.43. The molecule has 7 rings (SSSR count). The summed E-state index contributed by atoms with van der Waals surface area (Å²) in [5.74, 6) is -0.170. The lowest BCUT2D eigenvalue weighted by molar-refractivity contribution is -0.0743. The van der Waals surface area contributed by atoms with Crippen LogP contribution in [0.4, 0.5) is 11.8 Å². The first kappa shape index (κ1) is 30.5. The first-order valence-corrected chi connectivity index (χ1v) is 16.1. The number of fused-ring (bicyclic) bond motifs is 5. The fourth-order valence-electron chi connectivity index (χ4n) is 5.36. The van der Waals surface area contributed by atoms with Crippen molar-refractivity contribution in [2.24, 2.45) is 5.73 Å². The van der Waals surface area contributed by atoms with Gasteiger partial charge in [0.1, 0.15) is 43.4 Å². The van der Waals surface area contributed by atoms with Crippen LogP contribution in [0.15, 0.2) is 23.8 Å². The Morgan fingerprint density at radius 1 is 0.844 bits per heavy atom. The molecule has 3 saturated heterocycles. The number of rotatable bonds is 2. The zero-order valence-corrected chi connectivity index (χ0v) is 24.4. The minimum Gasteiger partial charge on any atom is -0.385 e. The minimum atomic E-state index is -4.77. The van der Waals surface area contributed by atoms with Gasteiger partial charge in [0.15, 0.2) is 47.3 Å². The molecule has 45 heavy (non-hydrogen) atoms. The van der Waals surface area contributed by atoms with Gasteiger partial charge in [-0.2, -0.15) is 33.6 Å². The van der Waals surface area contributed by atoms with E-state index in [1.807, 2.05) is 0 Å². The fourth-order valence-corrected chi connectivity index (χ4v) is 7.31. The van der Waals surface area contributed by atoms with E-state index in [1.165, 1.54) is 28.1 Å². The van der Waals surface area contributed by atoms with Gasteiger partial charge in [-0.25, -0.2) is 19.9 Å². The third-order valence-electron chi connectivity index (χ3n) is 7.43. The molecule has 0 spiro atoms. The Kier molecular flexibility index (Phi) is 7.46. The third kappa shape index (κ3) is 5.41. The van der Waals surface area contributed by atoms with Crippen molar-refractivity contribution in [3.05, 3.63) is 29.3 Å². The summed E-state index contributed by atoms with van der Waals surface area (Å²) in [5.41, 5.74) is 17.5. The van der Waals surface area contributed by atoms with Crippen LogP contribution in [0.5, 0.6) is 0 Å². The third-order valence-corrected chi connectivity index (χ3v) is 9.44. The van der Waals surface area contributed by atoms with Gasteiger partial charge in [0.2, 0.25) is 5.95 Å². The molecule has 0 radical (unpaired) electrons. The van der Waals surface area contributed by atoms with Crippen LogP contribution in [0, 0.1) is 0 Å². The van der Waals surface area contributed by atoms with Crippen molar-refractivity contribution in [1.29, 1.82) is 0 Å². The van der Waals surface area contributed by atoms with Crippen molar-refractivity contribution in [3.63, 3.8) is 0 Å². The number of hydrogen-bond acceptors (Lipinski definition) is 20. The number of aliphatic hydroxyl groups excluding tert-OH is 1. The molecule has 0 amide bonds. The number of aromatic amines is 1. The monoisotopic (exact) mass is 675 g/mol. The topological polar surface area (TPSA) is 342 Å². The van der Waals surface area contributed by atoms with Crippen LogP contribution in [0.3, 0.4) is 0 Å². The molecule has 4 aromatic heterocycles. The number of H-pyrrole nitrogens is 1. The summed E-state index contributed by atoms with van der Waals surface area (Å²) in [6.45, 7) is -1.31. The van der Waals surface area contributed by atoms with Crippen molar-refractivity contribution < 1.29 is 52.2 Å². The first-order valence-electron chi connectivity index (χ1n) is 13.1. The molecule has 3 aliphatic heterocycles. The zero-order valence-electron chi connectivity index (χ0n) is 22.6. The Labute approximate surface area is 250 Å². The average molecular weight is 675 g/mol. The summed E-state index contributed by atoms with van der Waals surface area (Å²) in [7, 11) is -9.51. The molecule has 3 aliphatic rings. The molecule has 4 aromatic rings. The van der Waals surface area contributed by atoms with Crippen molar-refractivity contribution in [1.82, 2.24) is 39.0 Å². The quantitative estimate of drug-likeness (QED) is 0.0942. The first-order chi connectivity index (χ1) is 21.3. The van der Waals surface area contributed by atoms with E-state index >= 15 is 0 Å². The molecule has 7 heterocycles. The predicted molar refractivity (Wildman–Crippen MR) is 148 cm³/mol. The largest absolute Gasteiger partial charge is 0.570 e. The van der Waals surface area contributed by atoms with Crippen molar-refractivity contribution in [2.45, 2.75) is 49.0 Å². The highest BCUT2D eigenvalue weighted by Crippen LogP contribution is 2.59. The Balaban J connectivity index is 1.20. The summed E-state index contributed by atoms with van der Waals surface area (Å²) in [5, 5.41) is 11.2. The summed E-state index contributed by atoms with van der Waals surface area (Å²) in [4.78, 5) is 78.0. The van der Waals surface area contributed by atoms with E-state index in [0.717, 1.165) is 0 Å². The maximum absolute atomic E-state index is 12.3. The number of ether oxygens (including phenoxy) is 2. The number of hydrogen-bond donors (Lipinski definition) is 9. The van der Waals surface area contributed by atoms with E-state index < -0.39 is 84.1 Å². The molecule has 25 heteroatoms. The maximum atomic E-state index is 12.3. The summed E-state index contributed by atoms with van der Waals surface area (Å²) >= 11 is 0. The predicted octanol–water partition coefficient (Wildman–Crippen LogP) is -3.25. The average Bonchev–Trinajstić information content (AvgIpc) is 3.72. The van der Waals surface area contributed by atoms with Gasteiger partial charge in [-0.15, -0.1) is 9.05 Å². The van der Waals surface area contributed by atoms with E-state index in [2.05, 4.69) is 29.9 Å². The van der Waals surface area contributed by atoms with Crippen LogP contribution in [0.25, 0.3) is 22.3 Å². The Bertz CT molecular complexity index is 1800. The Hall–Kier alpha value is -3.12. The standard InChI is InChI=1S/C20H26N11O12P2/c21-8-6-1-38-44(34,35)42-12-7(41-18(11(12)32)30-4-26-9-14(22)24-3-25-15(9)30)2-39-45(36,37)43-13(8)19(40-6)31-5-27-10-16(31)28-20(23)29-17(10)33/h3-8,11-13,18-19,32,34-37H,1-2,21H2,(H4-,22,23,24,25,28,29,33)/q+1/p+1/t6?,7-,8-,11-,12-,13-,18-,19?/m1/s1. The molecule has 242 valence electrons. The van der Waals surface area contributed by atoms with Crippen LogP contribution in [-0.4, -0.2) is 113 Å². The van der Waals surface area contributed by atoms with E-state index in [9.17, 15) is 29.5 Å². The molecule has 0 saturated carbocycles. The van der Waals surface area contributed by atoms with Gasteiger partial charge in [0, 0.05) is 0 Å². The van der Waals surface area contributed by atoms with Crippen LogP contribution < -0.4 is 22.8 Å². The molecule has 3 fully saturated rings. The highest BCUT2D eigenvalue weighted by molar-refractivity contribution is 7.54. The summed E-state index contributed by atoms with van der Waals surface area (Å²) in [6, 6.07) is -1.20. The van der Waals surface area contributed by atoms with Gasteiger partial charge in [0.25, 0.3) is 5.56 Å². The molecule has 0 aromatic carbocycles. The number of nitrogens with zero attached hydrogens (tertiary/aromatic N) is 7. The van der Waals surface area contributed by atoms with Crippen molar-refractivity contribution >= 4 is 50.4 Å². The van der Waals surface area contributed by atoms with Crippen LogP contribution in [0.1, 0.15) is 12.5 Å². The molecular weight excluding hydrogens is 648 g/mol. The van der Waals surface area contributed by atoms with Gasteiger partial charge in [-0.05, 0) is 0 Å². The number of aromatic nitrogens is 8. The number of aliphatic hydroxyl groups is 1. The van der Waals surface area contributed by atoms with E-state index in [0.29, 0.717) is 0 Å². The number of nitrogens with one attached hydrogen (secondary N) is 1. The number of nitrogen functional groups attached to an aromatic ring is 2. The van der Waals surface area contributed by atoms with E-state index in [-0.39, 0.29) is 34.1 Å². The molecule has 8 atom stereocenters. The van der Waals surface area contributed by atoms with Gasteiger partial charge in [0.05, 0.1) is 18.7 Å². The molecule has 2 bridgehead atoms. The van der Waals surface area contributed by atoms with Gasteiger partial charge < -0.3 is 31.8 Å². The summed E-state index contributed by atoms with van der Waals surface area (Å²) < 4.78 is 36.0. The van der Waals surface area contributed by atoms with Gasteiger partial charge >= 0.3 is 16.3 Å². The molecular formula is C20H27N11O12P2+2. The van der Waals surface area contributed by atoms with E-state index in [4.69, 9.17) is 44.8 Å². The van der Waals surface area contributed by atoms with Crippen molar-refractivity contribution in [3.8, 4) is 0 Å². The van der Waals surface area contributed by atoms with Crippen molar-refractivity contribution in [2.75, 3.05) is 24.7 Å². The highest BCUT2D eigenvalue weighted by Gasteiger charge is 2.60. The Morgan fingerprint density at radius 2 is 1.47 bits per heavy atom. The fraction of sp³-hybridized carbons (Fsp3) is 0.500. The minimum absolute atomic E-state index is 0.0405. The number of imidazole rings is 2. The number of nitrogens with two attached hydrogens (primary N) is 3. The normalized spacial score (nSPS) is 33.5. The highest BCUT2D eigenvalue weighted by atomic mass is 31.2. The molecule has 2 unspecified atom stereocenters. The lowest BCUT2D eigenvalue weighted by atomic mass is 10.1. The molecule has 12 N–H and O–H groups in total. The van der Waals surface area contributed by atoms with Gasteiger partial charge in [-0.3, -0.25) is 18.9 Å². The maximum Gasteiger partial charge on any atom is 0.570 e. The van der Waals surface area contributed by atoms with Gasteiger partial charge in [-0.1, -0.05) is 0 Å². The van der Waals surface area contributed by atoms with Crippen LogP contribution >= 0.6 is 16.3 Å². The lowest BCUT2D eigenvalue weighted by Gasteiger charge is -2.23. The molecule has 23 nitrogen and oxygen atoms in total. The summed E-state index contributed by atoms with van der Waals surface area (Å²) in [6.07, 6.45) is -6.11. The van der Waals surface area contributed by atoms with Crippen LogP contribution in [-0.2, 0) is 27.6 Å². The SMILES string of the molecule is Nc1nc2c(ncn2C2OC3CO[P+](O)(O)O[C@H]4[C@@H](O)[C@H](n5cnc6c(N)ncnc65)O[C@@H]4CO[P+](O)(O)O[C@@H]2[C@@H]3N)c(=O)[nH]1. The second-order valence-corrected chi connectivity index (χ2v) is 13.2. The zero-order chi connectivity index (χ0) is 31.8. The molecule has 0 aliphatic carbocycles. The Morgan fingerprint density at radius 3 is 2.20 bits per heavy atom. The number of anilines is 2. The van der Waals surface area contributed by atoms with Crippen LogP contribution in [0.2, 0.25) is 0 Å².